The van der Waals surface area contributed by atoms with Gasteiger partial charge in [0.2, 0.25) is 0 Å². The van der Waals surface area contributed by atoms with Gasteiger partial charge in [0.1, 0.15) is 5.75 Å². The van der Waals surface area contributed by atoms with Crippen molar-refractivity contribution in [3.05, 3.63) is 90.6 Å². The van der Waals surface area contributed by atoms with Gasteiger partial charge >= 0.3 is 5.97 Å². The molecule has 0 fully saturated rings. The molecular formula is C24H23N5O5S. The lowest BCUT2D eigenvalue weighted by atomic mass is 10.1. The second-order valence-electron chi connectivity index (χ2n) is 7.75. The summed E-state index contributed by atoms with van der Waals surface area (Å²) in [4.78, 5) is 23.3. The van der Waals surface area contributed by atoms with Gasteiger partial charge in [-0.05, 0) is 29.3 Å². The van der Waals surface area contributed by atoms with E-state index in [1.807, 2.05) is 24.3 Å². The number of aliphatic carboxylic acids is 1. The van der Waals surface area contributed by atoms with Crippen LogP contribution >= 0.6 is 0 Å². The molecule has 0 atom stereocenters. The molecule has 0 radical (unpaired) electrons. The Morgan fingerprint density at radius 3 is 2.37 bits per heavy atom. The Balaban J connectivity index is 1.61. The summed E-state index contributed by atoms with van der Waals surface area (Å²) in [5.74, 6) is -0.179. The Hall–Kier alpha value is -4.09. The maximum atomic E-state index is 13.5. The smallest absolute Gasteiger partial charge is 0.341 e. The number of benzene rings is 2. The number of ether oxygens (including phenoxy) is 1. The monoisotopic (exact) mass is 493 g/mol. The molecule has 35 heavy (non-hydrogen) atoms. The fraction of sp³-hybridized carbons (Fsp3) is 0.167. The van der Waals surface area contributed by atoms with Gasteiger partial charge in [0.05, 0.1) is 6.33 Å². The summed E-state index contributed by atoms with van der Waals surface area (Å²) in [6.07, 6.45) is 6.20. The van der Waals surface area contributed by atoms with Crippen LogP contribution in [0, 0.1) is 0 Å². The topological polar surface area (TPSA) is 128 Å². The molecule has 0 unspecified atom stereocenters. The summed E-state index contributed by atoms with van der Waals surface area (Å²) < 4.78 is 35.1. The van der Waals surface area contributed by atoms with E-state index in [1.165, 1.54) is 16.8 Å². The fourth-order valence-corrected chi connectivity index (χ4v) is 4.76. The van der Waals surface area contributed by atoms with E-state index in [-0.39, 0.29) is 18.1 Å². The maximum absolute atomic E-state index is 13.5. The molecule has 1 N–H and O–H groups in total. The number of carbonyl (C=O) groups is 1. The zero-order chi connectivity index (χ0) is 24.8. The quantitative estimate of drug-likeness (QED) is 0.357. The summed E-state index contributed by atoms with van der Waals surface area (Å²) in [7, 11) is -2.24. The van der Waals surface area contributed by atoms with Gasteiger partial charge in [-0.15, -0.1) is 0 Å². The van der Waals surface area contributed by atoms with Gasteiger partial charge < -0.3 is 14.4 Å². The van der Waals surface area contributed by atoms with Crippen molar-refractivity contribution in [3.63, 3.8) is 0 Å². The highest BCUT2D eigenvalue weighted by Gasteiger charge is 2.27. The lowest BCUT2D eigenvalue weighted by molar-refractivity contribution is -0.139. The first-order chi connectivity index (χ1) is 16.8. The minimum atomic E-state index is -3.94. The SMILES string of the molecule is Cn1cnc(S(=O)(=O)N(Cc2ccc(-c3ncccn3)cc2)Cc2cccc(OCC(=O)O)c2)c1. The zero-order valence-corrected chi connectivity index (χ0v) is 19.7. The van der Waals surface area contributed by atoms with Crippen LogP contribution in [0.2, 0.25) is 0 Å². The van der Waals surface area contributed by atoms with Crippen molar-refractivity contribution in [3.8, 4) is 17.1 Å². The summed E-state index contributed by atoms with van der Waals surface area (Å²) in [6.45, 7) is -0.362. The van der Waals surface area contributed by atoms with Crippen molar-refractivity contribution in [2.24, 2.45) is 7.05 Å². The average molecular weight is 494 g/mol. The first-order valence-electron chi connectivity index (χ1n) is 10.6. The molecule has 10 nitrogen and oxygen atoms in total. The number of rotatable bonds is 10. The van der Waals surface area contributed by atoms with E-state index < -0.39 is 22.6 Å². The van der Waals surface area contributed by atoms with E-state index in [0.29, 0.717) is 17.1 Å². The first-order valence-corrected chi connectivity index (χ1v) is 12.0. The molecule has 2 aromatic carbocycles. The van der Waals surface area contributed by atoms with Gasteiger partial charge in [-0.2, -0.15) is 4.31 Å². The van der Waals surface area contributed by atoms with Gasteiger partial charge in [-0.3, -0.25) is 0 Å². The lowest BCUT2D eigenvalue weighted by Crippen LogP contribution is -2.30. The van der Waals surface area contributed by atoms with Crippen LogP contribution in [0.3, 0.4) is 0 Å². The van der Waals surface area contributed by atoms with Gasteiger partial charge in [-0.1, -0.05) is 36.4 Å². The minimum Gasteiger partial charge on any atom is -0.482 e. The molecule has 4 rings (SSSR count). The molecule has 0 spiro atoms. The van der Waals surface area contributed by atoms with Crippen LogP contribution in [0.25, 0.3) is 11.4 Å². The van der Waals surface area contributed by atoms with Gasteiger partial charge in [0.25, 0.3) is 10.0 Å². The number of aromatic nitrogens is 4. The van der Waals surface area contributed by atoms with Gasteiger partial charge in [-0.25, -0.2) is 28.2 Å². The van der Waals surface area contributed by atoms with Crippen LogP contribution in [-0.2, 0) is 35.0 Å². The summed E-state index contributed by atoms with van der Waals surface area (Å²) in [5.41, 5.74) is 2.22. The van der Waals surface area contributed by atoms with Crippen LogP contribution in [0.4, 0.5) is 0 Å². The lowest BCUT2D eigenvalue weighted by Gasteiger charge is -2.22. The highest BCUT2D eigenvalue weighted by Crippen LogP contribution is 2.23. The maximum Gasteiger partial charge on any atom is 0.341 e. The normalized spacial score (nSPS) is 11.5. The number of sulfonamides is 1. The highest BCUT2D eigenvalue weighted by molar-refractivity contribution is 7.89. The van der Waals surface area contributed by atoms with E-state index in [0.717, 1.165) is 11.1 Å². The molecule has 0 aliphatic heterocycles. The van der Waals surface area contributed by atoms with Crippen molar-refractivity contribution in [1.82, 2.24) is 23.8 Å². The Morgan fingerprint density at radius 2 is 1.71 bits per heavy atom. The third-order valence-corrected chi connectivity index (χ3v) is 6.72. The molecule has 0 amide bonds. The number of aryl methyl sites for hydroxylation is 1. The second-order valence-corrected chi connectivity index (χ2v) is 9.63. The van der Waals surface area contributed by atoms with Crippen LogP contribution < -0.4 is 4.74 Å². The zero-order valence-electron chi connectivity index (χ0n) is 18.9. The highest BCUT2D eigenvalue weighted by atomic mass is 32.2. The first kappa shape index (κ1) is 24.0. The van der Waals surface area contributed by atoms with E-state index >= 15 is 0 Å². The standard InChI is InChI=1S/C24H23N5O5S/c1-28-15-22(27-17-28)35(32,33)29(14-19-4-2-5-21(12-19)34-16-23(30)31)13-18-6-8-20(9-7-18)24-25-10-3-11-26-24/h2-12,15,17H,13-14,16H2,1H3,(H,30,31). The third kappa shape index (κ3) is 6.08. The summed E-state index contributed by atoms with van der Waals surface area (Å²) >= 11 is 0. The Bertz CT molecular complexity index is 1410. The molecule has 2 heterocycles. The number of hydrogen-bond acceptors (Lipinski definition) is 7. The second kappa shape index (κ2) is 10.5. The van der Waals surface area contributed by atoms with Crippen molar-refractivity contribution in [1.29, 1.82) is 0 Å². The molecule has 2 aromatic heterocycles. The number of hydrogen-bond donors (Lipinski definition) is 1. The Morgan fingerprint density at radius 1 is 1.00 bits per heavy atom. The van der Waals surface area contributed by atoms with Crippen molar-refractivity contribution in [2.75, 3.05) is 6.61 Å². The fourth-order valence-electron chi connectivity index (χ4n) is 3.37. The molecule has 0 aliphatic rings. The van der Waals surface area contributed by atoms with E-state index in [1.54, 1.807) is 54.3 Å². The Kier molecular flexibility index (Phi) is 7.18. The number of carboxylic acids is 1. The Labute approximate surface area is 202 Å². The molecule has 0 saturated heterocycles. The predicted octanol–water partition coefficient (Wildman–Crippen LogP) is 2.73. The van der Waals surface area contributed by atoms with Crippen LogP contribution in [0.1, 0.15) is 11.1 Å². The van der Waals surface area contributed by atoms with Crippen LogP contribution in [0.15, 0.2) is 84.5 Å². The molecule has 0 saturated carbocycles. The predicted molar refractivity (Wildman–Crippen MR) is 127 cm³/mol. The minimum absolute atomic E-state index is 0.0345. The van der Waals surface area contributed by atoms with Crippen molar-refractivity contribution >= 4 is 16.0 Å². The van der Waals surface area contributed by atoms with E-state index in [4.69, 9.17) is 9.84 Å². The summed E-state index contributed by atoms with van der Waals surface area (Å²) in [5, 5.41) is 8.79. The number of nitrogens with zero attached hydrogens (tertiary/aromatic N) is 5. The van der Waals surface area contributed by atoms with E-state index in [9.17, 15) is 13.2 Å². The van der Waals surface area contributed by atoms with Crippen LogP contribution in [0.5, 0.6) is 5.75 Å². The third-order valence-electron chi connectivity index (χ3n) is 5.04. The van der Waals surface area contributed by atoms with Crippen molar-refractivity contribution in [2.45, 2.75) is 18.1 Å². The number of imidazole rings is 1. The van der Waals surface area contributed by atoms with Gasteiger partial charge in [0, 0.05) is 44.3 Å². The summed E-state index contributed by atoms with van der Waals surface area (Å²) in [6, 6.07) is 15.8. The van der Waals surface area contributed by atoms with Crippen molar-refractivity contribution < 1.29 is 23.1 Å². The molecule has 0 bridgehead atoms. The molecule has 4 aromatic rings. The molecule has 180 valence electrons. The molecule has 0 aliphatic carbocycles. The number of carboxylic acid groups (broad SMARTS) is 1. The van der Waals surface area contributed by atoms with Gasteiger partial charge in [0.15, 0.2) is 17.5 Å². The largest absolute Gasteiger partial charge is 0.482 e. The molecule has 11 heteroatoms. The average Bonchev–Trinajstić information content (AvgIpc) is 3.31. The van der Waals surface area contributed by atoms with Crippen LogP contribution in [-0.4, -0.2) is 49.9 Å². The van der Waals surface area contributed by atoms with E-state index in [2.05, 4.69) is 15.0 Å². The molecular weight excluding hydrogens is 470 g/mol.